The van der Waals surface area contributed by atoms with Crippen molar-refractivity contribution in [1.29, 1.82) is 0 Å². The van der Waals surface area contributed by atoms with E-state index in [9.17, 15) is 4.79 Å². The van der Waals surface area contributed by atoms with Crippen molar-refractivity contribution in [3.63, 3.8) is 0 Å². The number of halogens is 2. The fourth-order valence-electron chi connectivity index (χ4n) is 1.07. The van der Waals surface area contributed by atoms with Gasteiger partial charge < -0.3 is 10.6 Å². The van der Waals surface area contributed by atoms with Crippen LogP contribution >= 0.6 is 23.2 Å². The Morgan fingerprint density at radius 2 is 1.88 bits per heavy atom. The maximum atomic E-state index is 11.5. The van der Waals surface area contributed by atoms with Crippen LogP contribution in [-0.4, -0.2) is 12.6 Å². The Labute approximate surface area is 105 Å². The molecule has 5 heteroatoms. The SMILES string of the molecule is CC(C)CNC(=O)Nc1c(Cl)cccc1Cl. The van der Waals surface area contributed by atoms with Crippen LogP contribution in [0.4, 0.5) is 10.5 Å². The smallest absolute Gasteiger partial charge is 0.319 e. The van der Waals surface area contributed by atoms with Gasteiger partial charge in [0.15, 0.2) is 0 Å². The summed E-state index contributed by atoms with van der Waals surface area (Å²) in [5, 5.41) is 6.18. The third kappa shape index (κ3) is 3.91. The van der Waals surface area contributed by atoms with Crippen molar-refractivity contribution < 1.29 is 4.79 Å². The number of anilines is 1. The van der Waals surface area contributed by atoms with Crippen LogP contribution in [0.15, 0.2) is 18.2 Å². The molecule has 1 rings (SSSR count). The first-order valence-corrected chi connectivity index (χ1v) is 5.75. The average molecular weight is 261 g/mol. The summed E-state index contributed by atoms with van der Waals surface area (Å²) in [4.78, 5) is 11.5. The van der Waals surface area contributed by atoms with Crippen LogP contribution in [0.1, 0.15) is 13.8 Å². The molecule has 88 valence electrons. The van der Waals surface area contributed by atoms with Gasteiger partial charge in [0.2, 0.25) is 0 Å². The van der Waals surface area contributed by atoms with E-state index in [1.165, 1.54) is 0 Å². The van der Waals surface area contributed by atoms with Crippen LogP contribution in [0.25, 0.3) is 0 Å². The predicted octanol–water partition coefficient (Wildman–Crippen LogP) is 3.77. The molecule has 0 aliphatic heterocycles. The van der Waals surface area contributed by atoms with E-state index in [1.807, 2.05) is 13.8 Å². The fourth-order valence-corrected chi connectivity index (χ4v) is 1.56. The third-order valence-electron chi connectivity index (χ3n) is 1.87. The van der Waals surface area contributed by atoms with Crippen LogP contribution in [0.2, 0.25) is 10.0 Å². The maximum absolute atomic E-state index is 11.5. The normalized spacial score (nSPS) is 10.3. The minimum atomic E-state index is -0.302. The molecule has 16 heavy (non-hydrogen) atoms. The molecule has 1 aromatic carbocycles. The number of hydrogen-bond donors (Lipinski definition) is 2. The van der Waals surface area contributed by atoms with E-state index in [0.717, 1.165) is 0 Å². The van der Waals surface area contributed by atoms with Crippen molar-refractivity contribution in [2.75, 3.05) is 11.9 Å². The van der Waals surface area contributed by atoms with Crippen LogP contribution < -0.4 is 10.6 Å². The van der Waals surface area contributed by atoms with E-state index >= 15 is 0 Å². The van der Waals surface area contributed by atoms with Gasteiger partial charge >= 0.3 is 6.03 Å². The van der Waals surface area contributed by atoms with E-state index in [1.54, 1.807) is 18.2 Å². The molecule has 0 saturated carbocycles. The number of rotatable bonds is 3. The molecule has 0 fully saturated rings. The monoisotopic (exact) mass is 260 g/mol. The average Bonchev–Trinajstić information content (AvgIpc) is 2.21. The Balaban J connectivity index is 2.63. The molecule has 0 aromatic heterocycles. The van der Waals surface area contributed by atoms with Gasteiger partial charge in [-0.2, -0.15) is 0 Å². The molecule has 0 saturated heterocycles. The zero-order chi connectivity index (χ0) is 12.1. The molecule has 2 amide bonds. The first-order chi connectivity index (χ1) is 7.50. The number of benzene rings is 1. The zero-order valence-corrected chi connectivity index (χ0v) is 10.7. The van der Waals surface area contributed by atoms with Gasteiger partial charge in [-0.15, -0.1) is 0 Å². The van der Waals surface area contributed by atoms with Gasteiger partial charge in [-0.05, 0) is 18.1 Å². The molecule has 2 N–H and O–H groups in total. The highest BCUT2D eigenvalue weighted by atomic mass is 35.5. The lowest BCUT2D eigenvalue weighted by Gasteiger charge is -2.11. The summed E-state index contributed by atoms with van der Waals surface area (Å²) in [5.74, 6) is 0.396. The van der Waals surface area contributed by atoms with Gasteiger partial charge in [0, 0.05) is 6.54 Å². The summed E-state index contributed by atoms with van der Waals surface area (Å²) in [5.41, 5.74) is 0.437. The molecular formula is C11H14Cl2N2O. The van der Waals surface area contributed by atoms with Gasteiger partial charge in [-0.3, -0.25) is 0 Å². The molecule has 3 nitrogen and oxygen atoms in total. The number of hydrogen-bond acceptors (Lipinski definition) is 1. The summed E-state index contributed by atoms with van der Waals surface area (Å²) in [6.07, 6.45) is 0. The second-order valence-electron chi connectivity index (χ2n) is 3.83. The molecule has 0 radical (unpaired) electrons. The number of amides is 2. The van der Waals surface area contributed by atoms with Gasteiger partial charge in [-0.1, -0.05) is 43.1 Å². The molecule has 1 aromatic rings. The summed E-state index contributed by atoms with van der Waals surface area (Å²) < 4.78 is 0. The van der Waals surface area contributed by atoms with Gasteiger partial charge in [-0.25, -0.2) is 4.79 Å². The van der Waals surface area contributed by atoms with E-state index < -0.39 is 0 Å². The predicted molar refractivity (Wildman–Crippen MR) is 68.3 cm³/mol. The quantitative estimate of drug-likeness (QED) is 0.854. The van der Waals surface area contributed by atoms with Crippen LogP contribution in [0.3, 0.4) is 0 Å². The molecular weight excluding hydrogens is 247 g/mol. The van der Waals surface area contributed by atoms with Crippen molar-refractivity contribution in [2.45, 2.75) is 13.8 Å². The van der Waals surface area contributed by atoms with Gasteiger partial charge in [0.25, 0.3) is 0 Å². The zero-order valence-electron chi connectivity index (χ0n) is 9.18. The minimum Gasteiger partial charge on any atom is -0.338 e. The highest BCUT2D eigenvalue weighted by molar-refractivity contribution is 6.39. The van der Waals surface area contributed by atoms with E-state index in [0.29, 0.717) is 28.2 Å². The Morgan fingerprint density at radius 1 is 1.31 bits per heavy atom. The van der Waals surface area contributed by atoms with Crippen molar-refractivity contribution in [3.8, 4) is 0 Å². The summed E-state index contributed by atoms with van der Waals surface area (Å²) in [6.45, 7) is 4.64. The van der Waals surface area contributed by atoms with E-state index in [2.05, 4.69) is 10.6 Å². The molecule has 0 unspecified atom stereocenters. The summed E-state index contributed by atoms with van der Waals surface area (Å²) >= 11 is 11.8. The molecule has 0 aliphatic carbocycles. The van der Waals surface area contributed by atoms with Crippen molar-refractivity contribution in [1.82, 2.24) is 5.32 Å². The van der Waals surface area contributed by atoms with Gasteiger partial charge in [0.05, 0.1) is 15.7 Å². The Bertz CT molecular complexity index is 360. The maximum Gasteiger partial charge on any atom is 0.319 e. The van der Waals surface area contributed by atoms with Crippen molar-refractivity contribution >= 4 is 34.9 Å². The number of urea groups is 1. The third-order valence-corrected chi connectivity index (χ3v) is 2.50. The first kappa shape index (κ1) is 13.1. The molecule has 0 spiro atoms. The molecule has 0 bridgehead atoms. The number of carbonyl (C=O) groups excluding carboxylic acids is 1. The number of carbonyl (C=O) groups is 1. The number of para-hydroxylation sites is 1. The Kier molecular flexibility index (Phi) is 4.90. The standard InChI is InChI=1S/C11H14Cl2N2O/c1-7(2)6-14-11(16)15-10-8(12)4-3-5-9(10)13/h3-5,7H,6H2,1-2H3,(H2,14,15,16). The summed E-state index contributed by atoms with van der Waals surface area (Å²) in [7, 11) is 0. The van der Waals surface area contributed by atoms with Gasteiger partial charge in [0.1, 0.15) is 0 Å². The second kappa shape index (κ2) is 5.97. The lowest BCUT2D eigenvalue weighted by atomic mass is 10.2. The first-order valence-electron chi connectivity index (χ1n) is 4.99. The summed E-state index contributed by atoms with van der Waals surface area (Å²) in [6, 6.07) is 4.77. The lowest BCUT2D eigenvalue weighted by Crippen LogP contribution is -2.31. The topological polar surface area (TPSA) is 41.1 Å². The molecule has 0 aliphatic rings. The van der Waals surface area contributed by atoms with E-state index in [-0.39, 0.29) is 6.03 Å². The van der Waals surface area contributed by atoms with Crippen molar-refractivity contribution in [3.05, 3.63) is 28.2 Å². The molecule has 0 atom stereocenters. The fraction of sp³-hybridized carbons (Fsp3) is 0.364. The Hall–Kier alpha value is -0.930. The largest absolute Gasteiger partial charge is 0.338 e. The van der Waals surface area contributed by atoms with Crippen molar-refractivity contribution in [2.24, 2.45) is 5.92 Å². The number of nitrogens with one attached hydrogen (secondary N) is 2. The van der Waals surface area contributed by atoms with Crippen LogP contribution in [0.5, 0.6) is 0 Å². The highest BCUT2D eigenvalue weighted by Crippen LogP contribution is 2.29. The minimum absolute atomic E-state index is 0.302. The molecule has 0 heterocycles. The Morgan fingerprint density at radius 3 is 2.38 bits per heavy atom. The second-order valence-corrected chi connectivity index (χ2v) is 4.64. The van der Waals surface area contributed by atoms with Crippen LogP contribution in [0, 0.1) is 5.92 Å². The van der Waals surface area contributed by atoms with Crippen LogP contribution in [-0.2, 0) is 0 Å². The lowest BCUT2D eigenvalue weighted by molar-refractivity contribution is 0.251. The van der Waals surface area contributed by atoms with E-state index in [4.69, 9.17) is 23.2 Å². The highest BCUT2D eigenvalue weighted by Gasteiger charge is 2.08.